The van der Waals surface area contributed by atoms with Crippen molar-refractivity contribution in [3.8, 4) is 28.6 Å². The second-order valence-corrected chi connectivity index (χ2v) is 5.43. The second kappa shape index (κ2) is 7.54. The van der Waals surface area contributed by atoms with Crippen molar-refractivity contribution in [3.05, 3.63) is 53.6 Å². The second-order valence-electron chi connectivity index (χ2n) is 5.04. The van der Waals surface area contributed by atoms with Gasteiger partial charge in [0, 0.05) is 30.0 Å². The van der Waals surface area contributed by atoms with Crippen LogP contribution >= 0.6 is 11.6 Å². The van der Waals surface area contributed by atoms with Crippen molar-refractivity contribution in [1.29, 1.82) is 0 Å². The molecule has 27 heavy (non-hydrogen) atoms. The molecule has 1 N–H and O–H groups in total. The molecule has 0 bridgehead atoms. The minimum Gasteiger partial charge on any atom is -0.449 e. The highest BCUT2D eigenvalue weighted by Gasteiger charge is 2.17. The summed E-state index contributed by atoms with van der Waals surface area (Å²) < 4.78 is 48.7. The van der Waals surface area contributed by atoms with E-state index in [-0.39, 0.29) is 22.3 Å². The van der Waals surface area contributed by atoms with E-state index >= 15 is 0 Å². The van der Waals surface area contributed by atoms with Crippen molar-refractivity contribution in [2.24, 2.45) is 0 Å². The highest BCUT2D eigenvalue weighted by molar-refractivity contribution is 6.29. The van der Waals surface area contributed by atoms with Crippen molar-refractivity contribution in [2.75, 3.05) is 0 Å². The summed E-state index contributed by atoms with van der Waals surface area (Å²) in [5, 5.41) is 12.9. The number of aromatic nitrogens is 3. The first kappa shape index (κ1) is 18.5. The molecule has 140 valence electrons. The molecule has 11 heteroatoms. The predicted octanol–water partition coefficient (Wildman–Crippen LogP) is 4.39. The van der Waals surface area contributed by atoms with Crippen LogP contribution in [0.5, 0.6) is 11.6 Å². The SMILES string of the molecule is O=C(O)Oc1cc(-c2cc(F)cc(OC(F)F)c2)n(-c2ccnc(Cl)c2)n1. The number of nitrogens with zero attached hydrogens (tertiary/aromatic N) is 3. The molecule has 0 radical (unpaired) electrons. The predicted molar refractivity (Wildman–Crippen MR) is 87.0 cm³/mol. The molecule has 3 aromatic rings. The van der Waals surface area contributed by atoms with Crippen LogP contribution in [0.15, 0.2) is 42.6 Å². The van der Waals surface area contributed by atoms with Gasteiger partial charge in [-0.3, -0.25) is 0 Å². The number of alkyl halides is 2. The quantitative estimate of drug-likeness (QED) is 0.506. The largest absolute Gasteiger partial charge is 0.512 e. The first-order valence-electron chi connectivity index (χ1n) is 7.20. The van der Waals surface area contributed by atoms with E-state index < -0.39 is 24.3 Å². The van der Waals surface area contributed by atoms with Crippen molar-refractivity contribution < 1.29 is 32.5 Å². The summed E-state index contributed by atoms with van der Waals surface area (Å²) in [5.74, 6) is -1.57. The summed E-state index contributed by atoms with van der Waals surface area (Å²) in [6, 6.07) is 7.09. The van der Waals surface area contributed by atoms with Gasteiger partial charge in [0.1, 0.15) is 16.7 Å². The first-order chi connectivity index (χ1) is 12.8. The number of hydrogen-bond acceptors (Lipinski definition) is 5. The van der Waals surface area contributed by atoms with Gasteiger partial charge in [0.25, 0.3) is 0 Å². The van der Waals surface area contributed by atoms with E-state index in [1.54, 1.807) is 0 Å². The standard InChI is InChI=1S/C16H9ClF3N3O4/c17-13-6-10(1-2-21-13)23-12(7-14(22-23)27-16(24)25)8-3-9(18)5-11(4-8)26-15(19)20/h1-7,15H,(H,24,25). The van der Waals surface area contributed by atoms with Crippen molar-refractivity contribution in [3.63, 3.8) is 0 Å². The highest BCUT2D eigenvalue weighted by atomic mass is 35.5. The third kappa shape index (κ3) is 4.47. The molecule has 0 atom stereocenters. The van der Waals surface area contributed by atoms with Crippen LogP contribution in [-0.4, -0.2) is 32.6 Å². The maximum absolute atomic E-state index is 13.9. The smallest absolute Gasteiger partial charge is 0.449 e. The third-order valence-electron chi connectivity index (χ3n) is 3.23. The lowest BCUT2D eigenvalue weighted by atomic mass is 10.1. The summed E-state index contributed by atoms with van der Waals surface area (Å²) >= 11 is 5.85. The first-order valence-corrected chi connectivity index (χ1v) is 7.58. The number of carbonyl (C=O) groups is 1. The average Bonchev–Trinajstić information content (AvgIpc) is 2.96. The van der Waals surface area contributed by atoms with E-state index in [9.17, 15) is 18.0 Å². The Morgan fingerprint density at radius 1 is 1.22 bits per heavy atom. The number of rotatable bonds is 5. The molecular formula is C16H9ClF3N3O4. The van der Waals surface area contributed by atoms with Gasteiger partial charge < -0.3 is 14.6 Å². The molecule has 7 nitrogen and oxygen atoms in total. The fourth-order valence-corrected chi connectivity index (χ4v) is 2.47. The molecule has 0 amide bonds. The maximum atomic E-state index is 13.9. The van der Waals surface area contributed by atoms with Crippen molar-refractivity contribution in [1.82, 2.24) is 14.8 Å². The Kier molecular flexibility index (Phi) is 5.17. The zero-order valence-corrected chi connectivity index (χ0v) is 13.9. The highest BCUT2D eigenvalue weighted by Crippen LogP contribution is 2.31. The van der Waals surface area contributed by atoms with Gasteiger partial charge in [0.05, 0.1) is 11.4 Å². The number of pyridine rings is 1. The van der Waals surface area contributed by atoms with Crippen LogP contribution < -0.4 is 9.47 Å². The van der Waals surface area contributed by atoms with Crippen molar-refractivity contribution >= 4 is 17.8 Å². The molecule has 0 aliphatic rings. The fraction of sp³-hybridized carbons (Fsp3) is 0.0625. The minimum atomic E-state index is -3.14. The summed E-state index contributed by atoms with van der Waals surface area (Å²) in [6.07, 6.45) is -0.238. The van der Waals surface area contributed by atoms with Gasteiger partial charge in [-0.05, 0) is 18.2 Å². The number of ether oxygens (including phenoxy) is 2. The van der Waals surface area contributed by atoms with Gasteiger partial charge in [0.2, 0.25) is 5.88 Å². The van der Waals surface area contributed by atoms with Crippen LogP contribution in [0.4, 0.5) is 18.0 Å². The Hall–Kier alpha value is -3.27. The molecule has 1 aromatic carbocycles. The Labute approximate surface area is 154 Å². The zero-order valence-electron chi connectivity index (χ0n) is 13.1. The molecular weight excluding hydrogens is 391 g/mol. The Morgan fingerprint density at radius 2 is 2.00 bits per heavy atom. The van der Waals surface area contributed by atoms with E-state index in [1.807, 2.05) is 0 Å². The lowest BCUT2D eigenvalue weighted by molar-refractivity contribution is -0.0499. The van der Waals surface area contributed by atoms with Crippen LogP contribution in [0, 0.1) is 5.82 Å². The zero-order chi connectivity index (χ0) is 19.6. The number of benzene rings is 1. The average molecular weight is 400 g/mol. The summed E-state index contributed by atoms with van der Waals surface area (Å²) in [7, 11) is 0. The molecule has 2 aromatic heterocycles. The topological polar surface area (TPSA) is 86.5 Å². The maximum Gasteiger partial charge on any atom is 0.512 e. The molecule has 3 rings (SSSR count). The Morgan fingerprint density at radius 3 is 2.67 bits per heavy atom. The molecule has 0 fully saturated rings. The van der Waals surface area contributed by atoms with E-state index in [0.717, 1.165) is 18.2 Å². The molecule has 0 saturated heterocycles. The van der Waals surface area contributed by atoms with E-state index in [2.05, 4.69) is 19.6 Å². The molecule has 0 spiro atoms. The third-order valence-corrected chi connectivity index (χ3v) is 3.43. The van der Waals surface area contributed by atoms with Gasteiger partial charge >= 0.3 is 12.8 Å². The van der Waals surface area contributed by atoms with Crippen LogP contribution in [0.2, 0.25) is 5.15 Å². The van der Waals surface area contributed by atoms with Gasteiger partial charge in [-0.15, -0.1) is 5.10 Å². The van der Waals surface area contributed by atoms with E-state index in [1.165, 1.54) is 29.1 Å². The van der Waals surface area contributed by atoms with Crippen LogP contribution in [0.1, 0.15) is 0 Å². The van der Waals surface area contributed by atoms with Crippen molar-refractivity contribution in [2.45, 2.75) is 6.61 Å². The molecule has 0 aliphatic heterocycles. The van der Waals surface area contributed by atoms with Crippen LogP contribution in [0.3, 0.4) is 0 Å². The summed E-state index contributed by atoms with van der Waals surface area (Å²) in [6.45, 7) is -3.14. The molecule has 0 saturated carbocycles. The molecule has 0 unspecified atom stereocenters. The minimum absolute atomic E-state index is 0.0892. The van der Waals surface area contributed by atoms with Crippen LogP contribution in [0.25, 0.3) is 16.9 Å². The van der Waals surface area contributed by atoms with Gasteiger partial charge in [-0.2, -0.15) is 8.78 Å². The van der Waals surface area contributed by atoms with Gasteiger partial charge in [-0.25, -0.2) is 18.9 Å². The van der Waals surface area contributed by atoms with Gasteiger partial charge in [-0.1, -0.05) is 11.6 Å². The summed E-state index contributed by atoms with van der Waals surface area (Å²) in [4.78, 5) is 14.6. The monoisotopic (exact) mass is 399 g/mol. The molecule has 0 aliphatic carbocycles. The van der Waals surface area contributed by atoms with Gasteiger partial charge in [0.15, 0.2) is 0 Å². The Bertz CT molecular complexity index is 997. The molecule has 2 heterocycles. The Balaban J connectivity index is 2.15. The van der Waals surface area contributed by atoms with Crippen LogP contribution in [-0.2, 0) is 0 Å². The lowest BCUT2D eigenvalue weighted by Gasteiger charge is -2.10. The number of halogens is 4. The lowest BCUT2D eigenvalue weighted by Crippen LogP contribution is -2.05. The van der Waals surface area contributed by atoms with E-state index in [0.29, 0.717) is 5.69 Å². The number of hydrogen-bond donors (Lipinski definition) is 1. The number of carboxylic acid groups (broad SMARTS) is 1. The summed E-state index contributed by atoms with van der Waals surface area (Å²) in [5.41, 5.74) is 0.587. The fourth-order valence-electron chi connectivity index (χ4n) is 2.31. The normalized spacial score (nSPS) is 10.9. The van der Waals surface area contributed by atoms with E-state index in [4.69, 9.17) is 16.7 Å².